The van der Waals surface area contributed by atoms with Gasteiger partial charge in [-0.05, 0) is 42.6 Å². The maximum absolute atomic E-state index is 14.6. The minimum Gasteiger partial charge on any atom is -0.507 e. The monoisotopic (exact) mass is 772 g/mol. The Hall–Kier alpha value is -4.82. The summed E-state index contributed by atoms with van der Waals surface area (Å²) >= 11 is 0. The lowest BCUT2D eigenvalue weighted by molar-refractivity contribution is -0.157. The number of carbonyl (C=O) groups excluding carboxylic acids is 5. The van der Waals surface area contributed by atoms with E-state index in [0.29, 0.717) is 39.6 Å². The largest absolute Gasteiger partial charge is 0.507 e. The van der Waals surface area contributed by atoms with Crippen molar-refractivity contribution in [3.63, 3.8) is 0 Å². The van der Waals surface area contributed by atoms with Gasteiger partial charge in [0, 0.05) is 65.6 Å². The van der Waals surface area contributed by atoms with E-state index >= 15 is 0 Å². The smallest absolute Gasteiger partial charge is 0.305 e. The van der Waals surface area contributed by atoms with E-state index in [4.69, 9.17) is 23.9 Å². The van der Waals surface area contributed by atoms with Crippen molar-refractivity contribution >= 4 is 51.7 Å². The zero-order valence-electron chi connectivity index (χ0n) is 32.5. The fraction of sp³-hybridized carbons (Fsp3) is 0.571. The minimum atomic E-state index is -1.40. The standard InChI is InChI=1S/C42H52N4O10/c1-5-29(47)53-19-41(20-54-30(48)6-2)43-27-13-9-11-23-15-17-25(37(45-41)33(23)27)35-39(51)36(40(35)52)26-18-16-24-12-10-14-28-34(24)38(26)46-42(44-28,21-55-31(49)7-3)22-56-32(50)8-4/h9,11,13,15,17,24,26,28,34,38,43-44,46,51H,5-8,10,12,14,16,18-22H2,1-4H3/b35-25+. The Morgan fingerprint density at radius 3 is 2.02 bits per heavy atom. The van der Waals surface area contributed by atoms with E-state index in [1.807, 2.05) is 24.3 Å². The number of rotatable bonds is 13. The lowest BCUT2D eigenvalue weighted by Gasteiger charge is -2.58. The molecule has 4 N–H and O–H groups in total. The number of ether oxygens (including phenoxy) is 4. The molecule has 5 unspecified atom stereocenters. The van der Waals surface area contributed by atoms with Crippen LogP contribution < -0.4 is 26.5 Å². The van der Waals surface area contributed by atoms with E-state index in [0.717, 1.165) is 31.1 Å². The van der Waals surface area contributed by atoms with Gasteiger partial charge >= 0.3 is 23.9 Å². The van der Waals surface area contributed by atoms with Crippen LogP contribution in [0.5, 0.6) is 0 Å². The van der Waals surface area contributed by atoms with Crippen molar-refractivity contribution in [2.75, 3.05) is 31.7 Å². The molecule has 1 saturated heterocycles. The molecule has 5 aliphatic rings. The van der Waals surface area contributed by atoms with E-state index in [2.05, 4.69) is 16.0 Å². The number of hydrogen-bond donors (Lipinski definition) is 4. The average molecular weight is 773 g/mol. The lowest BCUT2D eigenvalue weighted by atomic mass is 9.58. The van der Waals surface area contributed by atoms with Crippen molar-refractivity contribution in [3.8, 4) is 0 Å². The van der Waals surface area contributed by atoms with Crippen LogP contribution in [0, 0.1) is 17.8 Å². The van der Waals surface area contributed by atoms with E-state index in [9.17, 15) is 29.1 Å². The summed E-state index contributed by atoms with van der Waals surface area (Å²) in [5.74, 6) is -1.92. The normalized spacial score (nSPS) is 26.5. The summed E-state index contributed by atoms with van der Waals surface area (Å²) in [6.45, 7) is 6.15. The fourth-order valence-corrected chi connectivity index (χ4v) is 9.33. The zero-order valence-corrected chi connectivity index (χ0v) is 32.5. The van der Waals surface area contributed by atoms with E-state index in [1.165, 1.54) is 0 Å². The second-order valence-electron chi connectivity index (χ2n) is 15.6. The van der Waals surface area contributed by atoms with E-state index in [1.54, 1.807) is 33.8 Å². The third kappa shape index (κ3) is 7.29. The fourth-order valence-electron chi connectivity index (χ4n) is 9.33. The number of Topliss-reactive ketones (excluding diaryl/α,β-unsaturated/α-hetero) is 1. The molecule has 14 nitrogen and oxygen atoms in total. The van der Waals surface area contributed by atoms with Crippen molar-refractivity contribution in [3.05, 3.63) is 52.2 Å². The van der Waals surface area contributed by atoms with Crippen molar-refractivity contribution in [1.29, 1.82) is 0 Å². The zero-order chi connectivity index (χ0) is 39.8. The molecule has 300 valence electrons. The number of allylic oxidation sites excluding steroid dienone is 1. The SMILES string of the molecule is CCC(=O)OCC1(COC(=O)CC)N=c2/c(=C3/C(=O)C(C4CCC5CCCC6NC(COC(=O)CC)(COC(=O)CC)NC4C56)=C3O)ccc3cccc(c23)N1. The van der Waals surface area contributed by atoms with Crippen LogP contribution in [0.4, 0.5) is 5.69 Å². The first-order valence-electron chi connectivity index (χ1n) is 20.1. The quantitative estimate of drug-likeness (QED) is 0.171. The number of aliphatic hydroxyl groups excluding tert-OH is 1. The average Bonchev–Trinajstić information content (AvgIpc) is 3.22. The van der Waals surface area contributed by atoms with Gasteiger partial charge in [0.25, 0.3) is 0 Å². The van der Waals surface area contributed by atoms with Crippen LogP contribution in [0.1, 0.15) is 85.5 Å². The highest BCUT2D eigenvalue weighted by molar-refractivity contribution is 6.36. The molecular formula is C42H52N4O10. The van der Waals surface area contributed by atoms with Crippen LogP contribution in [-0.2, 0) is 42.9 Å². The molecule has 0 spiro atoms. The Labute approximate surface area is 325 Å². The van der Waals surface area contributed by atoms with Gasteiger partial charge in [-0.25, -0.2) is 4.99 Å². The molecule has 3 aliphatic carbocycles. The van der Waals surface area contributed by atoms with Crippen molar-refractivity contribution in [2.45, 2.75) is 109 Å². The van der Waals surface area contributed by atoms with Gasteiger partial charge < -0.3 is 29.4 Å². The molecule has 0 amide bonds. The number of benzene rings is 2. The first-order chi connectivity index (χ1) is 27.0. The minimum absolute atomic E-state index is 0.0104. The summed E-state index contributed by atoms with van der Waals surface area (Å²) in [6.07, 6.45) is 5.13. The van der Waals surface area contributed by atoms with Gasteiger partial charge in [0.2, 0.25) is 0 Å². The lowest BCUT2D eigenvalue weighted by Crippen LogP contribution is -2.78. The summed E-state index contributed by atoms with van der Waals surface area (Å²) in [4.78, 5) is 69.2. The van der Waals surface area contributed by atoms with Crippen molar-refractivity contribution in [1.82, 2.24) is 10.6 Å². The van der Waals surface area contributed by atoms with Crippen molar-refractivity contribution in [2.24, 2.45) is 22.7 Å². The van der Waals surface area contributed by atoms with Gasteiger partial charge in [-0.3, -0.25) is 34.6 Å². The number of nitrogens with one attached hydrogen (secondary N) is 3. The third-order valence-electron chi connectivity index (χ3n) is 12.1. The molecule has 2 heterocycles. The summed E-state index contributed by atoms with van der Waals surface area (Å²) in [6, 6.07) is 9.00. The summed E-state index contributed by atoms with van der Waals surface area (Å²) < 4.78 is 22.5. The third-order valence-corrected chi connectivity index (χ3v) is 12.1. The highest BCUT2D eigenvalue weighted by Crippen LogP contribution is 2.50. The molecule has 56 heavy (non-hydrogen) atoms. The molecule has 2 saturated carbocycles. The first kappa shape index (κ1) is 39.4. The van der Waals surface area contributed by atoms with Gasteiger partial charge in [-0.15, -0.1) is 0 Å². The Morgan fingerprint density at radius 1 is 0.786 bits per heavy atom. The van der Waals surface area contributed by atoms with Gasteiger partial charge in [0.15, 0.2) is 11.4 Å². The number of anilines is 1. The molecule has 2 aromatic carbocycles. The number of aliphatic hydroxyl groups is 1. The molecule has 5 atom stereocenters. The maximum atomic E-state index is 14.6. The number of esters is 4. The molecule has 0 radical (unpaired) electrons. The van der Waals surface area contributed by atoms with Gasteiger partial charge in [0.1, 0.15) is 37.8 Å². The predicted molar refractivity (Wildman–Crippen MR) is 204 cm³/mol. The summed E-state index contributed by atoms with van der Waals surface area (Å²) in [5.41, 5.74) is -1.37. The second kappa shape index (κ2) is 16.0. The first-order valence-corrected chi connectivity index (χ1v) is 20.1. The number of hydrogen-bond acceptors (Lipinski definition) is 14. The summed E-state index contributed by atoms with van der Waals surface area (Å²) in [7, 11) is 0. The maximum Gasteiger partial charge on any atom is 0.305 e. The highest BCUT2D eigenvalue weighted by Gasteiger charge is 2.57. The molecule has 0 bridgehead atoms. The highest BCUT2D eigenvalue weighted by atomic mass is 16.6. The topological polar surface area (TPSA) is 191 Å². The van der Waals surface area contributed by atoms with Crippen LogP contribution in [0.25, 0.3) is 16.3 Å². The molecular weight excluding hydrogens is 720 g/mol. The Morgan fingerprint density at radius 2 is 1.41 bits per heavy atom. The van der Waals surface area contributed by atoms with Crippen molar-refractivity contribution < 1.29 is 48.0 Å². The molecule has 2 aromatic rings. The second-order valence-corrected chi connectivity index (χ2v) is 15.6. The van der Waals surface area contributed by atoms with Gasteiger partial charge in [-0.2, -0.15) is 0 Å². The Kier molecular flexibility index (Phi) is 11.2. The number of nitrogens with zero attached hydrogens (tertiary/aromatic N) is 1. The Balaban J connectivity index is 1.33. The molecule has 3 fully saturated rings. The molecule has 14 heteroatoms. The molecule has 2 aliphatic heterocycles. The van der Waals surface area contributed by atoms with Crippen LogP contribution in [0.3, 0.4) is 0 Å². The number of carbonyl (C=O) groups is 5. The van der Waals surface area contributed by atoms with E-state index in [-0.39, 0.29) is 105 Å². The van der Waals surface area contributed by atoms with Gasteiger partial charge in [0.05, 0.1) is 10.9 Å². The van der Waals surface area contributed by atoms with Crippen LogP contribution >= 0.6 is 0 Å². The predicted octanol–water partition coefficient (Wildman–Crippen LogP) is 3.39. The van der Waals surface area contributed by atoms with Crippen LogP contribution in [0.2, 0.25) is 0 Å². The number of ketones is 1. The molecule has 0 aromatic heterocycles. The van der Waals surface area contributed by atoms with Crippen LogP contribution in [-0.4, -0.2) is 84.6 Å². The van der Waals surface area contributed by atoms with Gasteiger partial charge in [-0.1, -0.05) is 64.8 Å². The van der Waals surface area contributed by atoms with E-state index < -0.39 is 23.3 Å². The Bertz CT molecular complexity index is 2060. The molecule has 7 rings (SSSR count). The van der Waals surface area contributed by atoms with Crippen LogP contribution in [0.15, 0.2) is 46.7 Å². The summed E-state index contributed by atoms with van der Waals surface area (Å²) in [5, 5.41) is 25.2.